The number of carbonyl (C=O) groups excluding carboxylic acids is 5. The quantitative estimate of drug-likeness (QED) is 0.268. The molecule has 5 atom stereocenters. The molecular weight excluding hydrogens is 680 g/mol. The minimum Gasteiger partial charge on any atom is -0.484 e. The Hall–Kier alpha value is -5.24. The van der Waals surface area contributed by atoms with Crippen molar-refractivity contribution in [2.75, 3.05) is 32.8 Å². The van der Waals surface area contributed by atoms with Gasteiger partial charge in [0.1, 0.15) is 23.6 Å². The molecule has 14 heteroatoms. The van der Waals surface area contributed by atoms with Gasteiger partial charge >= 0.3 is 0 Å². The summed E-state index contributed by atoms with van der Waals surface area (Å²) in [4.78, 5) is 71.5. The summed E-state index contributed by atoms with van der Waals surface area (Å²) in [5.41, 5.74) is 3.25. The first kappa shape index (κ1) is 37.5. The molecule has 2 bridgehead atoms. The van der Waals surface area contributed by atoms with E-state index in [-0.39, 0.29) is 50.2 Å². The fourth-order valence-electron chi connectivity index (χ4n) is 7.12. The van der Waals surface area contributed by atoms with Crippen molar-refractivity contribution in [2.24, 2.45) is 5.92 Å². The van der Waals surface area contributed by atoms with E-state index in [2.05, 4.69) is 21.1 Å². The molecule has 14 nitrogen and oxygen atoms in total. The van der Waals surface area contributed by atoms with Crippen LogP contribution < -0.4 is 20.7 Å². The first-order chi connectivity index (χ1) is 25.4. The smallest absolute Gasteiger partial charge is 0.258 e. The van der Waals surface area contributed by atoms with Gasteiger partial charge in [0, 0.05) is 44.0 Å². The maximum atomic E-state index is 14.2. The minimum atomic E-state index is -1.31. The van der Waals surface area contributed by atoms with Gasteiger partial charge in [0.05, 0.1) is 24.4 Å². The molecule has 5 amide bonds. The lowest BCUT2D eigenvalue weighted by atomic mass is 9.93. The monoisotopic (exact) mass is 728 g/mol. The van der Waals surface area contributed by atoms with Crippen molar-refractivity contribution in [3.8, 4) is 5.75 Å². The molecule has 4 N–H and O–H groups in total. The summed E-state index contributed by atoms with van der Waals surface area (Å²) in [6, 6.07) is 13.6. The molecule has 0 spiro atoms. The molecule has 3 aliphatic rings. The van der Waals surface area contributed by atoms with E-state index in [1.165, 1.54) is 11.8 Å². The number of fused-ring (bicyclic) bond motifs is 4. The molecule has 282 valence electrons. The number of hydrogen-bond donors (Lipinski definition) is 4. The van der Waals surface area contributed by atoms with Gasteiger partial charge < -0.3 is 40.1 Å². The van der Waals surface area contributed by atoms with Gasteiger partial charge in [-0.15, -0.1) is 0 Å². The number of hydrogen-bond acceptors (Lipinski definition) is 9. The standard InChI is InChI=1S/C39H48N6O8/c1-23-30(25(3)53-43-23)14-15-36(49)44-19-31-28-10-7-11-29(17-28)52-22-35(48)42-37(24(2)46)39(51)45(18-27-12-13-27)21-34(47)40-32(38(50)41-33(31)20-44)16-26-8-5-4-6-9-26/h4-11,17,24,27,31-33,37,46H,12-16,18-22H2,1-3H3,(H,40,47)(H,41,50)(H,42,48)/t24-,31-,32+,33+,37+/m1/s1. The van der Waals surface area contributed by atoms with Crippen LogP contribution in [0.3, 0.4) is 0 Å². The molecule has 2 fully saturated rings. The third kappa shape index (κ3) is 9.60. The van der Waals surface area contributed by atoms with Crippen molar-refractivity contribution in [3.63, 3.8) is 0 Å². The highest BCUT2D eigenvalue weighted by atomic mass is 16.5. The number of nitrogens with zero attached hydrogens (tertiary/aromatic N) is 3. The van der Waals surface area contributed by atoms with Crippen LogP contribution in [0.2, 0.25) is 0 Å². The number of aryl methyl sites for hydroxylation is 2. The summed E-state index contributed by atoms with van der Waals surface area (Å²) in [5.74, 6) is -1.36. The van der Waals surface area contributed by atoms with Crippen LogP contribution in [0, 0.1) is 19.8 Å². The van der Waals surface area contributed by atoms with E-state index in [1.54, 1.807) is 23.1 Å². The zero-order valence-electron chi connectivity index (χ0n) is 30.4. The Bertz CT molecular complexity index is 1790. The van der Waals surface area contributed by atoms with E-state index in [0.717, 1.165) is 35.2 Å². The highest BCUT2D eigenvalue weighted by Gasteiger charge is 2.39. The molecule has 2 aromatic carbocycles. The average molecular weight is 729 g/mol. The van der Waals surface area contributed by atoms with E-state index < -0.39 is 54.5 Å². The van der Waals surface area contributed by atoms with Crippen molar-refractivity contribution in [3.05, 3.63) is 82.7 Å². The Balaban J connectivity index is 1.30. The van der Waals surface area contributed by atoms with E-state index in [0.29, 0.717) is 24.5 Å². The van der Waals surface area contributed by atoms with Gasteiger partial charge in [-0.3, -0.25) is 24.0 Å². The SMILES string of the molecule is Cc1noc(C)c1CCC(=O)N1C[C@@H]2NC(=O)[C@H](Cc3ccccc3)NC(=O)CN(CC3CC3)C(=O)[C@H]([C@@H](C)O)NC(=O)COc3cccc(c3)[C@H]2C1. The number of benzene rings is 2. The molecule has 1 saturated heterocycles. The maximum Gasteiger partial charge on any atom is 0.258 e. The van der Waals surface area contributed by atoms with Gasteiger partial charge in [0.25, 0.3) is 5.91 Å². The topological polar surface area (TPSA) is 183 Å². The van der Waals surface area contributed by atoms with Crippen molar-refractivity contribution in [2.45, 2.75) is 83.0 Å². The van der Waals surface area contributed by atoms with E-state index in [9.17, 15) is 29.1 Å². The summed E-state index contributed by atoms with van der Waals surface area (Å²) in [6.07, 6.45) is 1.41. The zero-order valence-corrected chi connectivity index (χ0v) is 30.4. The first-order valence-corrected chi connectivity index (χ1v) is 18.3. The molecule has 0 unspecified atom stereocenters. The lowest BCUT2D eigenvalue weighted by Gasteiger charge is -2.30. The lowest BCUT2D eigenvalue weighted by Crippen LogP contribution is -2.58. The minimum absolute atomic E-state index is 0.0866. The van der Waals surface area contributed by atoms with Gasteiger partial charge in [-0.05, 0) is 69.2 Å². The number of carbonyl (C=O) groups is 5. The maximum absolute atomic E-state index is 14.2. The van der Waals surface area contributed by atoms with Crippen LogP contribution in [0.25, 0.3) is 0 Å². The molecule has 1 aromatic heterocycles. The van der Waals surface area contributed by atoms with E-state index in [4.69, 9.17) is 9.26 Å². The summed E-state index contributed by atoms with van der Waals surface area (Å²) in [5, 5.41) is 23.2. The van der Waals surface area contributed by atoms with Crippen LogP contribution in [0.1, 0.15) is 60.2 Å². The van der Waals surface area contributed by atoms with E-state index in [1.807, 2.05) is 50.2 Å². The summed E-state index contributed by atoms with van der Waals surface area (Å²) < 4.78 is 11.1. The molecule has 1 saturated carbocycles. The molecule has 0 radical (unpaired) electrons. The van der Waals surface area contributed by atoms with Crippen molar-refractivity contribution >= 4 is 29.5 Å². The third-order valence-corrected chi connectivity index (χ3v) is 10.2. The predicted octanol–water partition coefficient (Wildman–Crippen LogP) is 1.56. The van der Waals surface area contributed by atoms with E-state index >= 15 is 0 Å². The highest BCUT2D eigenvalue weighted by molar-refractivity contribution is 5.93. The number of nitrogens with one attached hydrogen (secondary N) is 3. The van der Waals surface area contributed by atoms with Crippen LogP contribution >= 0.6 is 0 Å². The van der Waals surface area contributed by atoms with Gasteiger partial charge in [-0.25, -0.2) is 0 Å². The Kier molecular flexibility index (Phi) is 11.8. The fraction of sp³-hybridized carbons (Fsp3) is 0.487. The van der Waals surface area contributed by atoms with Crippen LogP contribution in [-0.4, -0.2) is 107 Å². The number of likely N-dealkylation sites (tertiary alicyclic amines) is 1. The fourth-order valence-corrected chi connectivity index (χ4v) is 7.12. The van der Waals surface area contributed by atoms with Crippen molar-refractivity contribution in [1.29, 1.82) is 0 Å². The lowest BCUT2D eigenvalue weighted by molar-refractivity contribution is -0.143. The van der Waals surface area contributed by atoms with Crippen molar-refractivity contribution < 1.29 is 38.3 Å². The summed E-state index contributed by atoms with van der Waals surface area (Å²) in [7, 11) is 0. The molecule has 53 heavy (non-hydrogen) atoms. The predicted molar refractivity (Wildman–Crippen MR) is 192 cm³/mol. The number of rotatable bonds is 8. The Morgan fingerprint density at radius 1 is 0.981 bits per heavy atom. The second kappa shape index (κ2) is 16.6. The zero-order chi connectivity index (χ0) is 37.6. The van der Waals surface area contributed by atoms with Gasteiger partial charge in [0.15, 0.2) is 6.61 Å². The Labute approximate surface area is 308 Å². The van der Waals surface area contributed by atoms with Crippen LogP contribution in [0.4, 0.5) is 0 Å². The van der Waals surface area contributed by atoms with Gasteiger partial charge in [-0.2, -0.15) is 0 Å². The first-order valence-electron chi connectivity index (χ1n) is 18.3. The highest BCUT2D eigenvalue weighted by Crippen LogP contribution is 2.32. The largest absolute Gasteiger partial charge is 0.484 e. The summed E-state index contributed by atoms with van der Waals surface area (Å²) in [6.45, 7) is 5.09. The van der Waals surface area contributed by atoms with Crippen molar-refractivity contribution in [1.82, 2.24) is 30.9 Å². The molecule has 1 aliphatic carbocycles. The molecule has 3 heterocycles. The average Bonchev–Trinajstić information content (AvgIpc) is 3.77. The number of aliphatic hydroxyl groups excluding tert-OH is 1. The van der Waals surface area contributed by atoms with Gasteiger partial charge in [-0.1, -0.05) is 47.6 Å². The molecule has 3 aromatic rings. The van der Waals surface area contributed by atoms with Crippen LogP contribution in [0.5, 0.6) is 5.75 Å². The Morgan fingerprint density at radius 3 is 2.45 bits per heavy atom. The number of aromatic nitrogens is 1. The summed E-state index contributed by atoms with van der Waals surface area (Å²) >= 11 is 0. The Morgan fingerprint density at radius 2 is 1.75 bits per heavy atom. The second-order valence-corrected chi connectivity index (χ2v) is 14.4. The second-order valence-electron chi connectivity index (χ2n) is 14.4. The number of aliphatic hydroxyl groups is 1. The normalized spacial score (nSPS) is 23.5. The van der Waals surface area contributed by atoms with Gasteiger partial charge in [0.2, 0.25) is 23.6 Å². The molecular formula is C39H48N6O8. The third-order valence-electron chi connectivity index (χ3n) is 10.2. The number of ether oxygens (including phenoxy) is 1. The number of amides is 5. The van der Waals surface area contributed by atoms with Crippen LogP contribution in [-0.2, 0) is 36.8 Å². The van der Waals surface area contributed by atoms with Crippen LogP contribution in [0.15, 0.2) is 59.1 Å². The molecule has 6 rings (SSSR count). The molecule has 2 aliphatic heterocycles.